The lowest BCUT2D eigenvalue weighted by Crippen LogP contribution is -2.49. The molecule has 0 spiro atoms. The quantitative estimate of drug-likeness (QED) is 0.568. The van der Waals surface area contributed by atoms with Crippen LogP contribution in [0.15, 0.2) is 53.4 Å². The molecular formula is C22H22F6N2O3S. The second-order valence-electron chi connectivity index (χ2n) is 8.02. The van der Waals surface area contributed by atoms with E-state index in [4.69, 9.17) is 0 Å². The minimum Gasteiger partial charge on any atom is -0.349 e. The Morgan fingerprint density at radius 1 is 1.09 bits per heavy atom. The van der Waals surface area contributed by atoms with Gasteiger partial charge >= 0.3 is 12.4 Å². The normalized spacial score (nSPS) is 17.8. The van der Waals surface area contributed by atoms with Gasteiger partial charge in [0, 0.05) is 7.05 Å². The van der Waals surface area contributed by atoms with E-state index in [0.717, 1.165) is 29.7 Å². The highest BCUT2D eigenvalue weighted by Crippen LogP contribution is 2.34. The molecule has 34 heavy (non-hydrogen) atoms. The lowest BCUT2D eigenvalue weighted by atomic mass is 9.87. The molecule has 2 aromatic carbocycles. The maximum absolute atomic E-state index is 13.8. The highest BCUT2D eigenvalue weighted by Gasteiger charge is 2.48. The van der Waals surface area contributed by atoms with Gasteiger partial charge in [-0.1, -0.05) is 30.3 Å². The number of sulfonamides is 1. The van der Waals surface area contributed by atoms with Crippen LogP contribution in [0.1, 0.15) is 42.0 Å². The molecule has 1 N–H and O–H groups in total. The van der Waals surface area contributed by atoms with E-state index < -0.39 is 57.2 Å². The van der Waals surface area contributed by atoms with Crippen LogP contribution < -0.4 is 5.32 Å². The summed E-state index contributed by atoms with van der Waals surface area (Å²) in [7, 11) is -4.40. The number of carbonyl (C=O) groups is 1. The van der Waals surface area contributed by atoms with Gasteiger partial charge < -0.3 is 5.32 Å². The van der Waals surface area contributed by atoms with E-state index in [9.17, 15) is 39.6 Å². The number of nitrogens with one attached hydrogen (secondary N) is 1. The summed E-state index contributed by atoms with van der Waals surface area (Å²) < 4.78 is 106. The van der Waals surface area contributed by atoms with E-state index in [-0.39, 0.29) is 10.4 Å². The average molecular weight is 508 g/mol. The third-order valence-electron chi connectivity index (χ3n) is 5.74. The van der Waals surface area contributed by atoms with E-state index in [2.05, 4.69) is 5.32 Å². The molecule has 1 aliphatic rings. The zero-order valence-electron chi connectivity index (χ0n) is 17.9. The van der Waals surface area contributed by atoms with Crippen molar-refractivity contribution in [1.29, 1.82) is 0 Å². The number of nitrogens with zero attached hydrogens (tertiary/aromatic N) is 1. The van der Waals surface area contributed by atoms with Crippen molar-refractivity contribution in [3.05, 3.63) is 65.2 Å². The minimum atomic E-state index is -5.15. The monoisotopic (exact) mass is 508 g/mol. The van der Waals surface area contributed by atoms with Gasteiger partial charge in [0.25, 0.3) is 0 Å². The van der Waals surface area contributed by atoms with Crippen molar-refractivity contribution in [1.82, 2.24) is 9.62 Å². The third-order valence-corrected chi connectivity index (χ3v) is 7.60. The summed E-state index contributed by atoms with van der Waals surface area (Å²) in [5, 5.41) is 2.54. The second kappa shape index (κ2) is 9.57. The molecule has 1 amide bonds. The van der Waals surface area contributed by atoms with Crippen LogP contribution in [-0.2, 0) is 27.4 Å². The summed E-state index contributed by atoms with van der Waals surface area (Å²) >= 11 is 0. The van der Waals surface area contributed by atoms with Gasteiger partial charge in [-0.25, -0.2) is 8.42 Å². The van der Waals surface area contributed by atoms with Crippen LogP contribution >= 0.6 is 0 Å². The molecule has 0 saturated heterocycles. The van der Waals surface area contributed by atoms with Gasteiger partial charge in [-0.3, -0.25) is 4.79 Å². The van der Waals surface area contributed by atoms with Crippen LogP contribution in [0.4, 0.5) is 26.3 Å². The largest absolute Gasteiger partial charge is 0.416 e. The van der Waals surface area contributed by atoms with Crippen molar-refractivity contribution >= 4 is 15.9 Å². The van der Waals surface area contributed by atoms with Gasteiger partial charge in [0.1, 0.15) is 6.04 Å². The Kier molecular flexibility index (Phi) is 7.32. The van der Waals surface area contributed by atoms with Crippen LogP contribution in [0.5, 0.6) is 0 Å². The summed E-state index contributed by atoms with van der Waals surface area (Å²) in [5.74, 6) is -1.02. The van der Waals surface area contributed by atoms with Crippen LogP contribution in [0.3, 0.4) is 0 Å². The molecule has 1 aliphatic carbocycles. The fourth-order valence-electron chi connectivity index (χ4n) is 3.95. The number of amides is 1. The first kappa shape index (κ1) is 26.0. The number of alkyl halides is 6. The van der Waals surface area contributed by atoms with Gasteiger partial charge in [0.05, 0.1) is 22.9 Å². The number of hydrogen-bond acceptors (Lipinski definition) is 3. The Morgan fingerprint density at radius 3 is 2.41 bits per heavy atom. The van der Waals surface area contributed by atoms with Gasteiger partial charge in [0.2, 0.25) is 15.9 Å². The van der Waals surface area contributed by atoms with E-state index in [1.54, 1.807) is 12.1 Å². The smallest absolute Gasteiger partial charge is 0.349 e. The summed E-state index contributed by atoms with van der Waals surface area (Å²) in [6.07, 6.45) is -9.27. The number of fused-ring (bicyclic) bond motifs is 1. The molecular weight excluding hydrogens is 486 g/mol. The first-order valence-electron chi connectivity index (χ1n) is 10.3. The number of hydrogen-bond donors (Lipinski definition) is 1. The Morgan fingerprint density at radius 2 is 1.76 bits per heavy atom. The molecule has 0 fully saturated rings. The zero-order valence-corrected chi connectivity index (χ0v) is 18.8. The standard InChI is InChI=1S/C22H22F6N2O3S/c1-30(34(32,33)16-9-5-8-15(12-16)21(23,24)25)19(22(26,27)28)13-20(31)29-18-11-4-7-14-6-2-3-10-17(14)18/h2-3,5-6,8-10,12,18-19H,4,7,11,13H2,1H3,(H,29,31). The van der Waals surface area contributed by atoms with E-state index in [0.29, 0.717) is 26.0 Å². The van der Waals surface area contributed by atoms with Crippen LogP contribution in [0.2, 0.25) is 0 Å². The van der Waals surface area contributed by atoms with Crippen molar-refractivity contribution in [2.45, 2.75) is 55.0 Å². The van der Waals surface area contributed by atoms with Crippen molar-refractivity contribution in [2.24, 2.45) is 0 Å². The molecule has 0 heterocycles. The Bertz CT molecular complexity index is 1150. The SMILES string of the molecule is CN(C(CC(=O)NC1CCCc2ccccc21)C(F)(F)F)S(=O)(=O)c1cccc(C(F)(F)F)c1. The number of carbonyl (C=O) groups excluding carboxylic acids is 1. The molecule has 12 heteroatoms. The maximum Gasteiger partial charge on any atom is 0.416 e. The molecule has 2 unspecified atom stereocenters. The van der Waals surface area contributed by atoms with E-state index in [1.165, 1.54) is 0 Å². The van der Waals surface area contributed by atoms with Crippen molar-refractivity contribution in [2.75, 3.05) is 7.05 Å². The van der Waals surface area contributed by atoms with Gasteiger partial charge in [-0.05, 0) is 48.6 Å². The predicted octanol–water partition coefficient (Wildman–Crippen LogP) is 4.84. The molecule has 0 radical (unpaired) electrons. The summed E-state index contributed by atoms with van der Waals surface area (Å²) in [6, 6.07) is 6.34. The Labute approximate surface area is 192 Å². The lowest BCUT2D eigenvalue weighted by Gasteiger charge is -2.31. The van der Waals surface area contributed by atoms with Crippen LogP contribution in [0.25, 0.3) is 0 Å². The first-order valence-corrected chi connectivity index (χ1v) is 11.7. The molecule has 0 bridgehead atoms. The topological polar surface area (TPSA) is 66.5 Å². The fraction of sp³-hybridized carbons (Fsp3) is 0.409. The predicted molar refractivity (Wildman–Crippen MR) is 111 cm³/mol. The number of aryl methyl sites for hydroxylation is 1. The molecule has 0 aromatic heterocycles. The van der Waals surface area contributed by atoms with Crippen molar-refractivity contribution in [3.8, 4) is 0 Å². The maximum atomic E-state index is 13.8. The van der Waals surface area contributed by atoms with E-state index >= 15 is 0 Å². The van der Waals surface area contributed by atoms with Crippen LogP contribution in [0, 0.1) is 0 Å². The third kappa shape index (κ3) is 5.72. The summed E-state index contributed by atoms with van der Waals surface area (Å²) in [6.45, 7) is 0. The fourth-order valence-corrected chi connectivity index (χ4v) is 5.34. The van der Waals surface area contributed by atoms with E-state index in [1.807, 2.05) is 12.1 Å². The van der Waals surface area contributed by atoms with Gasteiger partial charge in [-0.2, -0.15) is 30.6 Å². The lowest BCUT2D eigenvalue weighted by molar-refractivity contribution is -0.173. The summed E-state index contributed by atoms with van der Waals surface area (Å²) in [5.41, 5.74) is 0.436. The zero-order chi connectivity index (χ0) is 25.3. The Balaban J connectivity index is 1.83. The number of benzene rings is 2. The minimum absolute atomic E-state index is 0.100. The molecule has 3 rings (SSSR count). The number of rotatable bonds is 6. The van der Waals surface area contributed by atoms with Gasteiger partial charge in [-0.15, -0.1) is 0 Å². The molecule has 2 atom stereocenters. The van der Waals surface area contributed by atoms with Gasteiger partial charge in [0.15, 0.2) is 0 Å². The van der Waals surface area contributed by atoms with Crippen molar-refractivity contribution in [3.63, 3.8) is 0 Å². The van der Waals surface area contributed by atoms with Crippen LogP contribution in [-0.4, -0.2) is 37.9 Å². The number of halogens is 6. The molecule has 2 aromatic rings. The van der Waals surface area contributed by atoms with Crippen molar-refractivity contribution < 1.29 is 39.6 Å². The highest BCUT2D eigenvalue weighted by molar-refractivity contribution is 7.89. The second-order valence-corrected chi connectivity index (χ2v) is 10.0. The molecule has 0 aliphatic heterocycles. The molecule has 186 valence electrons. The molecule has 5 nitrogen and oxygen atoms in total. The highest BCUT2D eigenvalue weighted by atomic mass is 32.2. The Hall–Kier alpha value is -2.60. The first-order chi connectivity index (χ1) is 15.7. The molecule has 0 saturated carbocycles. The summed E-state index contributed by atoms with van der Waals surface area (Å²) in [4.78, 5) is 11.6. The average Bonchev–Trinajstić information content (AvgIpc) is 2.76.